The van der Waals surface area contributed by atoms with Gasteiger partial charge in [-0.05, 0) is 41.8 Å². The van der Waals surface area contributed by atoms with Crippen LogP contribution in [0.2, 0.25) is 0 Å². The van der Waals surface area contributed by atoms with E-state index >= 15 is 0 Å². The summed E-state index contributed by atoms with van der Waals surface area (Å²) >= 11 is 0. The van der Waals surface area contributed by atoms with Crippen molar-refractivity contribution in [2.75, 3.05) is 31.3 Å². The summed E-state index contributed by atoms with van der Waals surface area (Å²) < 4.78 is 54.2. The SMILES string of the molecule is CN(C)C(=O)c1cc(-c2cnn(CCCO)c2)ccc1Nc1nc(Nc2ccc(CP=O)cc2)ncc1C(F)(F)F. The van der Waals surface area contributed by atoms with Gasteiger partial charge in [-0.2, -0.15) is 23.3 Å². The molecule has 2 heterocycles. The van der Waals surface area contributed by atoms with E-state index in [1.807, 2.05) is 0 Å². The number of carbonyl (C=O) groups excluding carboxylic acids is 1. The van der Waals surface area contributed by atoms with Crippen molar-refractivity contribution in [1.82, 2.24) is 24.6 Å². The molecule has 0 unspecified atom stereocenters. The number of aromatic nitrogens is 4. The number of benzene rings is 2. The number of aryl methyl sites for hydroxylation is 1. The standard InChI is InChI=1S/C27H27F3N7O3P/c1-36(2)25(39)21-12-18(19-13-32-37(15-19)10-3-11-38)6-9-23(21)34-24-22(27(28,29)30)14-31-26(35-24)33-20-7-4-17(5-8-20)16-41-40/h4-9,12-15,38H,3,10-11,16H2,1-2H3,(H2,31,33,34,35). The van der Waals surface area contributed by atoms with Crippen LogP contribution in [0.25, 0.3) is 11.1 Å². The highest BCUT2D eigenvalue weighted by Gasteiger charge is 2.35. The third-order valence-corrected chi connectivity index (χ3v) is 6.47. The molecule has 10 nitrogen and oxygen atoms in total. The number of aliphatic hydroxyl groups excluding tert-OH is 1. The van der Waals surface area contributed by atoms with Gasteiger partial charge in [-0.25, -0.2) is 4.98 Å². The molecule has 0 saturated carbocycles. The maximum Gasteiger partial charge on any atom is 0.421 e. The Balaban J connectivity index is 1.69. The van der Waals surface area contributed by atoms with E-state index in [2.05, 4.69) is 25.7 Å². The van der Waals surface area contributed by atoms with Gasteiger partial charge in [0.05, 0.1) is 23.6 Å². The molecule has 0 aliphatic rings. The predicted molar refractivity (Wildman–Crippen MR) is 149 cm³/mol. The highest BCUT2D eigenvalue weighted by molar-refractivity contribution is 7.22. The maximum absolute atomic E-state index is 13.9. The van der Waals surface area contributed by atoms with Gasteiger partial charge in [0.1, 0.15) is 11.4 Å². The zero-order valence-corrected chi connectivity index (χ0v) is 23.1. The van der Waals surface area contributed by atoms with Crippen LogP contribution >= 0.6 is 8.46 Å². The van der Waals surface area contributed by atoms with Gasteiger partial charge >= 0.3 is 6.18 Å². The highest BCUT2D eigenvalue weighted by Crippen LogP contribution is 2.37. The number of rotatable bonds is 11. The molecular weight excluding hydrogens is 558 g/mol. The Labute approximate surface area is 235 Å². The van der Waals surface area contributed by atoms with Gasteiger partial charge in [0.15, 0.2) is 8.46 Å². The van der Waals surface area contributed by atoms with Crippen LogP contribution in [0.4, 0.5) is 36.3 Å². The van der Waals surface area contributed by atoms with Gasteiger partial charge in [0.25, 0.3) is 5.91 Å². The smallest absolute Gasteiger partial charge is 0.396 e. The van der Waals surface area contributed by atoms with Crippen molar-refractivity contribution < 1.29 is 27.6 Å². The first-order valence-corrected chi connectivity index (χ1v) is 13.4. The number of carbonyl (C=O) groups is 1. The number of halogens is 3. The normalized spacial score (nSPS) is 11.5. The fourth-order valence-electron chi connectivity index (χ4n) is 3.89. The number of hydrogen-bond acceptors (Lipinski definition) is 8. The molecule has 4 rings (SSSR count). The van der Waals surface area contributed by atoms with Crippen molar-refractivity contribution in [2.24, 2.45) is 0 Å². The van der Waals surface area contributed by atoms with E-state index in [9.17, 15) is 22.5 Å². The summed E-state index contributed by atoms with van der Waals surface area (Å²) in [6.07, 6.45) is 0.140. The Morgan fingerprint density at radius 1 is 1.07 bits per heavy atom. The summed E-state index contributed by atoms with van der Waals surface area (Å²) in [5.74, 6) is -1.06. The molecule has 0 bridgehead atoms. The van der Waals surface area contributed by atoms with Crippen LogP contribution in [-0.2, 0) is 23.4 Å². The van der Waals surface area contributed by atoms with Gasteiger partial charge in [0.2, 0.25) is 5.95 Å². The molecule has 0 atom stereocenters. The molecule has 3 N–H and O–H groups in total. The average Bonchev–Trinajstić information content (AvgIpc) is 3.41. The Bertz CT molecular complexity index is 1530. The molecule has 4 aromatic rings. The lowest BCUT2D eigenvalue weighted by atomic mass is 10.0. The number of nitrogens with one attached hydrogen (secondary N) is 2. The lowest BCUT2D eigenvalue weighted by Crippen LogP contribution is -2.23. The van der Waals surface area contributed by atoms with Gasteiger partial charge in [0, 0.05) is 50.9 Å². The summed E-state index contributed by atoms with van der Waals surface area (Å²) in [7, 11) is 3.06. The fraction of sp³-hybridized carbons (Fsp3) is 0.259. The van der Waals surface area contributed by atoms with Crippen molar-refractivity contribution in [3.63, 3.8) is 0 Å². The van der Waals surface area contributed by atoms with Crippen LogP contribution in [-0.4, -0.2) is 56.4 Å². The van der Waals surface area contributed by atoms with Crippen molar-refractivity contribution >= 4 is 37.5 Å². The van der Waals surface area contributed by atoms with E-state index in [4.69, 9.17) is 5.11 Å². The summed E-state index contributed by atoms with van der Waals surface area (Å²) in [4.78, 5) is 22.3. The summed E-state index contributed by atoms with van der Waals surface area (Å²) in [5.41, 5.74) is 1.83. The molecule has 0 spiro atoms. The largest absolute Gasteiger partial charge is 0.421 e. The summed E-state index contributed by atoms with van der Waals surface area (Å²) in [5, 5.41) is 18.9. The Morgan fingerprint density at radius 2 is 1.83 bits per heavy atom. The third kappa shape index (κ3) is 7.44. The number of aliphatic hydroxyl groups is 1. The quantitative estimate of drug-likeness (QED) is 0.191. The molecule has 2 aromatic carbocycles. The first-order chi connectivity index (χ1) is 19.6. The molecular formula is C27H27F3N7O3P. The maximum atomic E-state index is 13.9. The summed E-state index contributed by atoms with van der Waals surface area (Å²) in [6.45, 7) is 0.527. The first-order valence-electron chi connectivity index (χ1n) is 12.4. The van der Waals surface area contributed by atoms with Crippen molar-refractivity contribution in [3.05, 3.63) is 77.7 Å². The zero-order chi connectivity index (χ0) is 29.6. The van der Waals surface area contributed by atoms with Crippen LogP contribution in [0.1, 0.15) is 27.9 Å². The van der Waals surface area contributed by atoms with E-state index in [1.54, 1.807) is 67.6 Å². The van der Waals surface area contributed by atoms with Crippen LogP contribution in [0.15, 0.2) is 61.1 Å². The Kier molecular flexibility index (Phi) is 9.31. The molecule has 2 aromatic heterocycles. The van der Waals surface area contributed by atoms with Crippen LogP contribution < -0.4 is 10.6 Å². The van der Waals surface area contributed by atoms with E-state index in [0.717, 1.165) is 5.56 Å². The topological polar surface area (TPSA) is 125 Å². The molecule has 0 radical (unpaired) electrons. The third-order valence-electron chi connectivity index (χ3n) is 5.97. The minimum atomic E-state index is -4.77. The van der Waals surface area contributed by atoms with Gasteiger partial charge in [-0.1, -0.05) is 18.2 Å². The number of amides is 1. The monoisotopic (exact) mass is 585 g/mol. The highest BCUT2D eigenvalue weighted by atomic mass is 31.1. The Morgan fingerprint density at radius 3 is 2.49 bits per heavy atom. The number of hydrogen-bond donors (Lipinski definition) is 3. The molecule has 0 aliphatic carbocycles. The molecule has 1 amide bonds. The number of alkyl halides is 3. The lowest BCUT2D eigenvalue weighted by Gasteiger charge is -2.19. The Hall–Kier alpha value is -4.35. The first kappa shape index (κ1) is 29.6. The van der Waals surface area contributed by atoms with Crippen LogP contribution in [0, 0.1) is 0 Å². The second kappa shape index (κ2) is 12.9. The molecule has 214 valence electrons. The van der Waals surface area contributed by atoms with Gasteiger partial charge < -0.3 is 20.6 Å². The van der Waals surface area contributed by atoms with Crippen molar-refractivity contribution in [3.8, 4) is 11.1 Å². The van der Waals surface area contributed by atoms with Gasteiger partial charge in [-0.3, -0.25) is 14.0 Å². The minimum Gasteiger partial charge on any atom is -0.396 e. The van der Waals surface area contributed by atoms with E-state index in [1.165, 1.54) is 11.0 Å². The molecule has 14 heteroatoms. The van der Waals surface area contributed by atoms with Crippen molar-refractivity contribution in [2.45, 2.75) is 25.3 Å². The van der Waals surface area contributed by atoms with Crippen LogP contribution in [0.3, 0.4) is 0 Å². The van der Waals surface area contributed by atoms with Crippen LogP contribution in [0.5, 0.6) is 0 Å². The molecule has 0 fully saturated rings. The predicted octanol–water partition coefficient (Wildman–Crippen LogP) is 5.72. The number of anilines is 4. The van der Waals surface area contributed by atoms with E-state index in [-0.39, 0.29) is 32.3 Å². The van der Waals surface area contributed by atoms with Crippen molar-refractivity contribution in [1.29, 1.82) is 0 Å². The molecule has 0 saturated heterocycles. The second-order valence-electron chi connectivity index (χ2n) is 9.22. The zero-order valence-electron chi connectivity index (χ0n) is 22.2. The average molecular weight is 586 g/mol. The van der Waals surface area contributed by atoms with E-state index < -0.39 is 23.5 Å². The fourth-order valence-corrected chi connectivity index (χ4v) is 4.25. The van der Waals surface area contributed by atoms with E-state index in [0.29, 0.717) is 42.1 Å². The molecule has 41 heavy (non-hydrogen) atoms. The lowest BCUT2D eigenvalue weighted by molar-refractivity contribution is -0.137. The van der Waals surface area contributed by atoms with Gasteiger partial charge in [-0.15, -0.1) is 0 Å². The number of nitrogens with zero attached hydrogens (tertiary/aromatic N) is 5. The minimum absolute atomic E-state index is 0.0196. The molecule has 0 aliphatic heterocycles. The summed E-state index contributed by atoms with van der Waals surface area (Å²) in [6, 6.07) is 11.6. The second-order valence-corrected chi connectivity index (χ2v) is 9.79.